The fourth-order valence-corrected chi connectivity index (χ4v) is 1.84. The summed E-state index contributed by atoms with van der Waals surface area (Å²) in [6.07, 6.45) is 0.428. The van der Waals surface area contributed by atoms with Crippen LogP contribution in [-0.4, -0.2) is 0 Å². The van der Waals surface area contributed by atoms with Gasteiger partial charge in [-0.15, -0.1) is 11.3 Å². The molecule has 3 heteroatoms. The van der Waals surface area contributed by atoms with E-state index in [-0.39, 0.29) is 0 Å². The molecule has 0 aromatic carbocycles. The van der Waals surface area contributed by atoms with Crippen molar-refractivity contribution in [2.75, 3.05) is 0 Å². The van der Waals surface area contributed by atoms with Crippen LogP contribution < -0.4 is 0 Å². The lowest BCUT2D eigenvalue weighted by atomic mass is 10.3. The summed E-state index contributed by atoms with van der Waals surface area (Å²) in [6, 6.07) is 2.06. The van der Waals surface area contributed by atoms with Crippen molar-refractivity contribution in [3.8, 4) is 6.07 Å². The molecule has 0 spiro atoms. The van der Waals surface area contributed by atoms with Gasteiger partial charge in [-0.3, -0.25) is 0 Å². The van der Waals surface area contributed by atoms with Crippen molar-refractivity contribution in [2.45, 2.75) is 13.3 Å². The number of hydrogen-bond donors (Lipinski definition) is 0. The molecule has 1 aromatic heterocycles. The van der Waals surface area contributed by atoms with Gasteiger partial charge in [0.15, 0.2) is 0 Å². The van der Waals surface area contributed by atoms with Crippen molar-refractivity contribution >= 4 is 22.9 Å². The van der Waals surface area contributed by atoms with Crippen molar-refractivity contribution in [3.05, 3.63) is 20.8 Å². The van der Waals surface area contributed by atoms with Gasteiger partial charge < -0.3 is 0 Å². The first-order chi connectivity index (χ1) is 4.75. The number of thiophene rings is 1. The van der Waals surface area contributed by atoms with Crippen LogP contribution in [0.5, 0.6) is 0 Å². The molecule has 0 N–H and O–H groups in total. The minimum Gasteiger partial charge on any atom is -0.198 e. The third kappa shape index (κ3) is 1.31. The van der Waals surface area contributed by atoms with E-state index in [2.05, 4.69) is 6.07 Å². The fraction of sp³-hybridized carbons (Fsp3) is 0.286. The molecule has 0 fully saturated rings. The van der Waals surface area contributed by atoms with Crippen LogP contribution in [0.3, 0.4) is 0 Å². The molecule has 0 saturated heterocycles. The predicted octanol–water partition coefficient (Wildman–Crippen LogP) is 2.78. The monoisotopic (exact) mass is 171 g/mol. The first-order valence-electron chi connectivity index (χ1n) is 2.85. The molecule has 0 atom stereocenters. The number of hydrogen-bond acceptors (Lipinski definition) is 2. The zero-order valence-corrected chi connectivity index (χ0v) is 7.09. The van der Waals surface area contributed by atoms with Crippen LogP contribution in [0.4, 0.5) is 0 Å². The molecule has 0 radical (unpaired) electrons. The minimum absolute atomic E-state index is 0.428. The molecule has 1 nitrogen and oxygen atoms in total. The second-order valence-corrected chi connectivity index (χ2v) is 3.33. The molecule has 0 amide bonds. The maximum atomic E-state index is 8.35. The van der Waals surface area contributed by atoms with Crippen LogP contribution in [0.15, 0.2) is 5.38 Å². The van der Waals surface area contributed by atoms with Gasteiger partial charge in [-0.2, -0.15) is 5.26 Å². The summed E-state index contributed by atoms with van der Waals surface area (Å²) in [5.74, 6) is 0. The quantitative estimate of drug-likeness (QED) is 0.638. The second-order valence-electron chi connectivity index (χ2n) is 1.99. The summed E-state index contributed by atoms with van der Waals surface area (Å²) >= 11 is 7.39. The van der Waals surface area contributed by atoms with Crippen molar-refractivity contribution in [2.24, 2.45) is 0 Å². The van der Waals surface area contributed by atoms with Crippen LogP contribution in [0, 0.1) is 18.3 Å². The molecule has 0 aliphatic rings. The number of rotatable bonds is 1. The molecule has 0 bridgehead atoms. The Morgan fingerprint density at radius 3 is 2.90 bits per heavy atom. The molecule has 1 aromatic rings. The highest BCUT2D eigenvalue weighted by Gasteiger charge is 2.03. The number of nitriles is 1. The van der Waals surface area contributed by atoms with Crippen molar-refractivity contribution < 1.29 is 0 Å². The second kappa shape index (κ2) is 3.05. The Bertz CT molecular complexity index is 272. The zero-order valence-electron chi connectivity index (χ0n) is 5.52. The molecule has 0 aliphatic carbocycles. The molecule has 0 unspecified atom stereocenters. The Kier molecular flexibility index (Phi) is 2.31. The van der Waals surface area contributed by atoms with E-state index < -0.39 is 0 Å². The summed E-state index contributed by atoms with van der Waals surface area (Å²) in [6.45, 7) is 1.94. The van der Waals surface area contributed by atoms with E-state index in [9.17, 15) is 0 Å². The zero-order chi connectivity index (χ0) is 7.56. The van der Waals surface area contributed by atoms with Crippen LogP contribution in [0.1, 0.15) is 10.4 Å². The molecule has 0 aliphatic heterocycles. The SMILES string of the molecule is Cc1csc(CC#N)c1Cl. The third-order valence-electron chi connectivity index (χ3n) is 1.21. The molecule has 52 valence electrons. The standard InChI is InChI=1S/C7H6ClNS/c1-5-4-10-6(2-3-9)7(5)8/h4H,2H2,1H3. The van der Waals surface area contributed by atoms with E-state index in [0.29, 0.717) is 6.42 Å². The summed E-state index contributed by atoms with van der Waals surface area (Å²) in [7, 11) is 0. The van der Waals surface area contributed by atoms with E-state index in [1.54, 1.807) is 11.3 Å². The number of halogens is 1. The van der Waals surface area contributed by atoms with Gasteiger partial charge in [-0.05, 0) is 17.9 Å². The smallest absolute Gasteiger partial charge is 0.0710 e. The lowest BCUT2D eigenvalue weighted by Crippen LogP contribution is -1.74. The van der Waals surface area contributed by atoms with Crippen LogP contribution in [0.25, 0.3) is 0 Å². The van der Waals surface area contributed by atoms with Gasteiger partial charge in [0.2, 0.25) is 0 Å². The summed E-state index contributed by atoms with van der Waals surface area (Å²) in [4.78, 5) is 0.974. The lowest BCUT2D eigenvalue weighted by Gasteiger charge is -1.87. The lowest BCUT2D eigenvalue weighted by molar-refractivity contribution is 1.31. The summed E-state index contributed by atoms with van der Waals surface area (Å²) in [5.41, 5.74) is 1.07. The predicted molar refractivity (Wildman–Crippen MR) is 43.4 cm³/mol. The Morgan fingerprint density at radius 1 is 1.80 bits per heavy atom. The van der Waals surface area contributed by atoms with E-state index in [1.807, 2.05) is 12.3 Å². The first-order valence-corrected chi connectivity index (χ1v) is 4.11. The summed E-state index contributed by atoms with van der Waals surface area (Å²) in [5, 5.41) is 11.1. The Labute approximate surface area is 68.9 Å². The highest BCUT2D eigenvalue weighted by atomic mass is 35.5. The molecular formula is C7H6ClNS. The maximum absolute atomic E-state index is 8.35. The Morgan fingerprint density at radius 2 is 2.50 bits per heavy atom. The Hall–Kier alpha value is -0.520. The van der Waals surface area contributed by atoms with E-state index >= 15 is 0 Å². The van der Waals surface area contributed by atoms with E-state index in [1.165, 1.54) is 0 Å². The first kappa shape index (κ1) is 7.59. The fourth-order valence-electron chi connectivity index (χ4n) is 0.674. The van der Waals surface area contributed by atoms with Crippen LogP contribution >= 0.6 is 22.9 Å². The number of aryl methyl sites for hydroxylation is 1. The van der Waals surface area contributed by atoms with Crippen molar-refractivity contribution in [1.29, 1.82) is 5.26 Å². The maximum Gasteiger partial charge on any atom is 0.0710 e. The van der Waals surface area contributed by atoms with E-state index in [0.717, 1.165) is 15.5 Å². The van der Waals surface area contributed by atoms with Gasteiger partial charge >= 0.3 is 0 Å². The third-order valence-corrected chi connectivity index (χ3v) is 2.95. The van der Waals surface area contributed by atoms with Crippen LogP contribution in [0.2, 0.25) is 5.02 Å². The molecular weight excluding hydrogens is 166 g/mol. The van der Waals surface area contributed by atoms with Gasteiger partial charge in [0, 0.05) is 4.88 Å². The normalized spacial score (nSPS) is 9.30. The molecule has 10 heavy (non-hydrogen) atoms. The average molecular weight is 172 g/mol. The number of nitrogens with zero attached hydrogens (tertiary/aromatic N) is 1. The Balaban J connectivity index is 2.96. The topological polar surface area (TPSA) is 23.8 Å². The van der Waals surface area contributed by atoms with Gasteiger partial charge in [0.1, 0.15) is 0 Å². The molecule has 1 heterocycles. The minimum atomic E-state index is 0.428. The van der Waals surface area contributed by atoms with Gasteiger partial charge in [-0.25, -0.2) is 0 Å². The van der Waals surface area contributed by atoms with Crippen molar-refractivity contribution in [3.63, 3.8) is 0 Å². The van der Waals surface area contributed by atoms with Crippen molar-refractivity contribution in [1.82, 2.24) is 0 Å². The largest absolute Gasteiger partial charge is 0.198 e. The highest BCUT2D eigenvalue weighted by molar-refractivity contribution is 7.10. The summed E-state index contributed by atoms with van der Waals surface area (Å²) < 4.78 is 0. The van der Waals surface area contributed by atoms with Gasteiger partial charge in [0.05, 0.1) is 17.5 Å². The van der Waals surface area contributed by atoms with E-state index in [4.69, 9.17) is 16.9 Å². The molecule has 0 saturated carbocycles. The van der Waals surface area contributed by atoms with Gasteiger partial charge in [-0.1, -0.05) is 11.6 Å². The average Bonchev–Trinajstić information content (AvgIpc) is 2.20. The highest BCUT2D eigenvalue weighted by Crippen LogP contribution is 2.26. The van der Waals surface area contributed by atoms with Gasteiger partial charge in [0.25, 0.3) is 0 Å². The van der Waals surface area contributed by atoms with Crippen LogP contribution in [-0.2, 0) is 6.42 Å². The molecule has 1 rings (SSSR count).